The number of nitrogens with one attached hydrogen (secondary N) is 1. The summed E-state index contributed by atoms with van der Waals surface area (Å²) < 4.78 is 13.2. The van der Waals surface area contributed by atoms with Gasteiger partial charge in [0.1, 0.15) is 10.8 Å². The molecule has 0 saturated carbocycles. The minimum atomic E-state index is -0.271. The number of anilines is 3. The number of aromatic nitrogens is 2. The molecule has 1 N–H and O–H groups in total. The second-order valence-electron chi connectivity index (χ2n) is 5.24. The van der Waals surface area contributed by atoms with E-state index < -0.39 is 0 Å². The van der Waals surface area contributed by atoms with Gasteiger partial charge in [-0.05, 0) is 29.8 Å². The molecule has 0 spiro atoms. The van der Waals surface area contributed by atoms with Gasteiger partial charge in [0.05, 0.1) is 6.20 Å². The Hall–Kier alpha value is -2.66. The highest BCUT2D eigenvalue weighted by Gasteiger charge is 2.10. The van der Waals surface area contributed by atoms with Crippen molar-refractivity contribution in [1.82, 2.24) is 9.97 Å². The third-order valence-corrected chi connectivity index (χ3v) is 3.80. The molecule has 1 aromatic heterocycles. The van der Waals surface area contributed by atoms with Crippen LogP contribution in [0.15, 0.2) is 60.8 Å². The van der Waals surface area contributed by atoms with E-state index in [1.54, 1.807) is 12.3 Å². The lowest BCUT2D eigenvalue weighted by Gasteiger charge is -2.18. The third-order valence-electron chi connectivity index (χ3n) is 3.52. The largest absolute Gasteiger partial charge is 0.365 e. The summed E-state index contributed by atoms with van der Waals surface area (Å²) in [6.45, 7) is 0.420. The predicted molar refractivity (Wildman–Crippen MR) is 95.3 cm³/mol. The smallest absolute Gasteiger partial charge is 0.231 e. The van der Waals surface area contributed by atoms with Crippen molar-refractivity contribution >= 4 is 29.1 Å². The van der Waals surface area contributed by atoms with Gasteiger partial charge < -0.3 is 10.2 Å². The first-order chi connectivity index (χ1) is 11.6. The lowest BCUT2D eigenvalue weighted by atomic mass is 10.2. The van der Waals surface area contributed by atoms with Gasteiger partial charge in [-0.1, -0.05) is 41.9 Å². The highest BCUT2D eigenvalue weighted by atomic mass is 35.5. The van der Waals surface area contributed by atoms with Crippen molar-refractivity contribution in [3.63, 3.8) is 0 Å². The van der Waals surface area contributed by atoms with Crippen molar-refractivity contribution in [2.24, 2.45) is 0 Å². The summed E-state index contributed by atoms with van der Waals surface area (Å²) in [4.78, 5) is 10.6. The minimum absolute atomic E-state index is 0.271. The molecule has 24 heavy (non-hydrogen) atoms. The third kappa shape index (κ3) is 3.81. The molecule has 0 saturated heterocycles. The average molecular weight is 343 g/mol. The number of hydrogen-bond donors (Lipinski definition) is 1. The van der Waals surface area contributed by atoms with E-state index in [4.69, 9.17) is 11.6 Å². The van der Waals surface area contributed by atoms with Crippen molar-refractivity contribution in [1.29, 1.82) is 0 Å². The molecule has 0 radical (unpaired) electrons. The summed E-state index contributed by atoms with van der Waals surface area (Å²) in [6.07, 6.45) is 1.55. The van der Waals surface area contributed by atoms with Crippen LogP contribution < -0.4 is 10.2 Å². The maximum Gasteiger partial charge on any atom is 0.231 e. The lowest BCUT2D eigenvalue weighted by molar-refractivity contribution is 0.626. The zero-order valence-electron chi connectivity index (χ0n) is 13.1. The van der Waals surface area contributed by atoms with E-state index in [-0.39, 0.29) is 5.82 Å². The fraction of sp³-hybridized carbons (Fsp3) is 0.111. The summed E-state index contributed by atoms with van der Waals surface area (Å²) in [6, 6.07) is 16.2. The number of rotatable bonds is 5. The SMILES string of the molecule is CN(c1ccccc1)c1ncc(Cl)c(NCc2cccc(F)c2)n1. The summed E-state index contributed by atoms with van der Waals surface area (Å²) >= 11 is 6.16. The Kier molecular flexibility index (Phi) is 4.91. The van der Waals surface area contributed by atoms with E-state index >= 15 is 0 Å². The van der Waals surface area contributed by atoms with Crippen LogP contribution in [0, 0.1) is 5.82 Å². The van der Waals surface area contributed by atoms with Gasteiger partial charge in [0.2, 0.25) is 5.95 Å². The number of para-hydroxylation sites is 1. The number of benzene rings is 2. The van der Waals surface area contributed by atoms with Gasteiger partial charge >= 0.3 is 0 Å². The van der Waals surface area contributed by atoms with Crippen LogP contribution in [0.3, 0.4) is 0 Å². The summed E-state index contributed by atoms with van der Waals surface area (Å²) in [5, 5.41) is 3.54. The standard InChI is InChI=1S/C18H16ClFN4/c1-24(15-8-3-2-4-9-15)18-22-12-16(19)17(23-18)21-11-13-6-5-7-14(20)10-13/h2-10,12H,11H2,1H3,(H,21,22,23). The van der Waals surface area contributed by atoms with Crippen molar-refractivity contribution in [2.45, 2.75) is 6.54 Å². The first-order valence-corrected chi connectivity index (χ1v) is 7.81. The summed E-state index contributed by atoms with van der Waals surface area (Å²) in [7, 11) is 1.88. The average Bonchev–Trinajstić information content (AvgIpc) is 2.61. The van der Waals surface area contributed by atoms with Gasteiger partial charge in [0.25, 0.3) is 0 Å². The Labute approximate surface area is 144 Å². The Morgan fingerprint density at radius 3 is 2.67 bits per heavy atom. The molecule has 0 aliphatic heterocycles. The van der Waals surface area contributed by atoms with Crippen LogP contribution in [0.2, 0.25) is 5.02 Å². The molecule has 3 rings (SSSR count). The molecule has 122 valence electrons. The number of nitrogens with zero attached hydrogens (tertiary/aromatic N) is 3. The van der Waals surface area contributed by atoms with E-state index in [9.17, 15) is 4.39 Å². The zero-order valence-corrected chi connectivity index (χ0v) is 13.8. The molecule has 0 fully saturated rings. The molecule has 6 heteroatoms. The quantitative estimate of drug-likeness (QED) is 0.732. The van der Waals surface area contributed by atoms with E-state index in [2.05, 4.69) is 15.3 Å². The van der Waals surface area contributed by atoms with Crippen LogP contribution in [0.25, 0.3) is 0 Å². The Bertz CT molecular complexity index is 826. The molecule has 0 aliphatic carbocycles. The van der Waals surface area contributed by atoms with Gasteiger partial charge in [0.15, 0.2) is 5.82 Å². The second-order valence-corrected chi connectivity index (χ2v) is 5.65. The fourth-order valence-corrected chi connectivity index (χ4v) is 2.40. The van der Waals surface area contributed by atoms with E-state index in [1.807, 2.05) is 48.3 Å². The normalized spacial score (nSPS) is 10.5. The van der Waals surface area contributed by atoms with Gasteiger partial charge in [-0.3, -0.25) is 0 Å². The first kappa shape index (κ1) is 16.2. The van der Waals surface area contributed by atoms with Crippen LogP contribution in [0.5, 0.6) is 0 Å². The van der Waals surface area contributed by atoms with E-state index in [0.717, 1.165) is 11.3 Å². The molecule has 0 amide bonds. The molecule has 1 heterocycles. The van der Waals surface area contributed by atoms with E-state index in [1.165, 1.54) is 12.1 Å². The highest BCUT2D eigenvalue weighted by molar-refractivity contribution is 6.32. The zero-order chi connectivity index (χ0) is 16.9. The Balaban J connectivity index is 1.79. The molecule has 0 aliphatic rings. The maximum absolute atomic E-state index is 13.2. The van der Waals surface area contributed by atoms with Crippen LogP contribution in [0.1, 0.15) is 5.56 Å². The van der Waals surface area contributed by atoms with E-state index in [0.29, 0.717) is 23.3 Å². The van der Waals surface area contributed by atoms with Crippen LogP contribution in [0.4, 0.5) is 21.8 Å². The summed E-state index contributed by atoms with van der Waals surface area (Å²) in [5.41, 5.74) is 1.78. The molecule has 4 nitrogen and oxygen atoms in total. The van der Waals surface area contributed by atoms with Crippen LogP contribution in [-0.2, 0) is 6.54 Å². The maximum atomic E-state index is 13.2. The van der Waals surface area contributed by atoms with Gasteiger partial charge in [-0.25, -0.2) is 9.37 Å². The lowest BCUT2D eigenvalue weighted by Crippen LogP contribution is -2.14. The van der Waals surface area contributed by atoms with Gasteiger partial charge in [-0.2, -0.15) is 4.98 Å². The van der Waals surface area contributed by atoms with Crippen molar-refractivity contribution in [3.05, 3.63) is 77.2 Å². The van der Waals surface area contributed by atoms with Crippen LogP contribution in [-0.4, -0.2) is 17.0 Å². The van der Waals surface area contributed by atoms with Gasteiger partial charge in [-0.15, -0.1) is 0 Å². The minimum Gasteiger partial charge on any atom is -0.365 e. The molecule has 2 aromatic carbocycles. The number of hydrogen-bond acceptors (Lipinski definition) is 4. The topological polar surface area (TPSA) is 41.1 Å². The van der Waals surface area contributed by atoms with Crippen molar-refractivity contribution in [2.75, 3.05) is 17.3 Å². The highest BCUT2D eigenvalue weighted by Crippen LogP contribution is 2.25. The molecular weight excluding hydrogens is 327 g/mol. The molecule has 3 aromatic rings. The Morgan fingerprint density at radius 1 is 1.12 bits per heavy atom. The predicted octanol–water partition coefficient (Wildman–Crippen LogP) is 4.65. The van der Waals surface area contributed by atoms with Crippen molar-refractivity contribution in [3.8, 4) is 0 Å². The summed E-state index contributed by atoms with van der Waals surface area (Å²) in [5.74, 6) is 0.758. The molecule has 0 unspecified atom stereocenters. The fourth-order valence-electron chi connectivity index (χ4n) is 2.24. The molecular formula is C18H16ClFN4. The molecule has 0 atom stereocenters. The van der Waals surface area contributed by atoms with Crippen molar-refractivity contribution < 1.29 is 4.39 Å². The number of halogens is 2. The molecule has 0 bridgehead atoms. The van der Waals surface area contributed by atoms with Gasteiger partial charge in [0, 0.05) is 19.3 Å². The monoisotopic (exact) mass is 342 g/mol. The Morgan fingerprint density at radius 2 is 1.92 bits per heavy atom. The van der Waals surface area contributed by atoms with Crippen LogP contribution >= 0.6 is 11.6 Å². The second kappa shape index (κ2) is 7.27. The first-order valence-electron chi connectivity index (χ1n) is 7.43.